The Bertz CT molecular complexity index is 604. The maximum atomic E-state index is 12.6. The average molecular weight is 395 g/mol. The lowest BCUT2D eigenvalue weighted by Gasteiger charge is -2.27. The molecule has 130 valence electrons. The summed E-state index contributed by atoms with van der Waals surface area (Å²) in [7, 11) is 0. The number of para-hydroxylation sites is 1. The highest BCUT2D eigenvalue weighted by Crippen LogP contribution is 2.31. The number of carbonyl (C=O) groups is 2. The summed E-state index contributed by atoms with van der Waals surface area (Å²) < 4.78 is 0.873. The molecule has 1 aromatic rings. The van der Waals surface area contributed by atoms with Gasteiger partial charge in [-0.1, -0.05) is 12.1 Å². The molecule has 6 nitrogen and oxygen atoms in total. The maximum Gasteiger partial charge on any atom is 0.239 e. The lowest BCUT2D eigenvalue weighted by Crippen LogP contribution is -2.47. The van der Waals surface area contributed by atoms with Gasteiger partial charge in [-0.05, 0) is 34.5 Å². The first kappa shape index (κ1) is 17.4. The van der Waals surface area contributed by atoms with Crippen LogP contribution in [0.2, 0.25) is 0 Å². The normalized spacial score (nSPS) is 22.0. The number of benzene rings is 1. The molecule has 2 heterocycles. The van der Waals surface area contributed by atoms with E-state index >= 15 is 0 Å². The molecule has 0 saturated carbocycles. The van der Waals surface area contributed by atoms with Crippen molar-refractivity contribution in [1.29, 1.82) is 0 Å². The van der Waals surface area contributed by atoms with Gasteiger partial charge >= 0.3 is 0 Å². The number of anilines is 1. The summed E-state index contributed by atoms with van der Waals surface area (Å²) in [5, 5.41) is 6.24. The number of halogens is 1. The summed E-state index contributed by atoms with van der Waals surface area (Å²) >= 11 is 3.47. The molecule has 24 heavy (non-hydrogen) atoms. The smallest absolute Gasteiger partial charge is 0.239 e. The Morgan fingerprint density at radius 1 is 1.25 bits per heavy atom. The van der Waals surface area contributed by atoms with Gasteiger partial charge in [0.05, 0.1) is 5.69 Å². The molecule has 2 aliphatic heterocycles. The zero-order valence-electron chi connectivity index (χ0n) is 13.6. The van der Waals surface area contributed by atoms with E-state index in [1.54, 1.807) is 4.90 Å². The van der Waals surface area contributed by atoms with E-state index in [9.17, 15) is 9.59 Å². The van der Waals surface area contributed by atoms with Gasteiger partial charge in [-0.15, -0.1) is 0 Å². The number of rotatable bonds is 5. The van der Waals surface area contributed by atoms with E-state index < -0.39 is 5.92 Å². The fourth-order valence-corrected chi connectivity index (χ4v) is 3.73. The van der Waals surface area contributed by atoms with Gasteiger partial charge in [0.15, 0.2) is 0 Å². The first-order chi connectivity index (χ1) is 11.7. The van der Waals surface area contributed by atoms with E-state index in [0.29, 0.717) is 19.5 Å². The van der Waals surface area contributed by atoms with Gasteiger partial charge in [0.2, 0.25) is 11.8 Å². The highest BCUT2D eigenvalue weighted by molar-refractivity contribution is 9.10. The van der Waals surface area contributed by atoms with Crippen LogP contribution in [0.25, 0.3) is 0 Å². The number of nitrogens with zero attached hydrogens (tertiary/aromatic N) is 2. The van der Waals surface area contributed by atoms with Gasteiger partial charge in [-0.3, -0.25) is 14.5 Å². The molecule has 0 bridgehead atoms. The van der Waals surface area contributed by atoms with Gasteiger partial charge in [-0.2, -0.15) is 0 Å². The number of piperazine rings is 1. The molecule has 3 rings (SSSR count). The van der Waals surface area contributed by atoms with E-state index in [1.165, 1.54) is 0 Å². The van der Waals surface area contributed by atoms with Gasteiger partial charge in [0.25, 0.3) is 0 Å². The Morgan fingerprint density at radius 3 is 2.75 bits per heavy atom. The monoisotopic (exact) mass is 394 g/mol. The molecule has 2 N–H and O–H groups in total. The van der Waals surface area contributed by atoms with Crippen LogP contribution in [0.1, 0.15) is 6.42 Å². The molecule has 2 amide bonds. The van der Waals surface area contributed by atoms with Crippen LogP contribution in [0.4, 0.5) is 5.69 Å². The zero-order valence-corrected chi connectivity index (χ0v) is 15.2. The van der Waals surface area contributed by atoms with Crippen molar-refractivity contribution < 1.29 is 9.59 Å². The lowest BCUT2D eigenvalue weighted by atomic mass is 10.1. The van der Waals surface area contributed by atoms with Gasteiger partial charge in [0, 0.05) is 50.3 Å². The molecule has 1 atom stereocenters. The van der Waals surface area contributed by atoms with Crippen LogP contribution in [0, 0.1) is 5.92 Å². The predicted molar refractivity (Wildman–Crippen MR) is 96.9 cm³/mol. The van der Waals surface area contributed by atoms with Crippen molar-refractivity contribution in [3.05, 3.63) is 28.7 Å². The van der Waals surface area contributed by atoms with Crippen LogP contribution in [0.15, 0.2) is 28.7 Å². The maximum absolute atomic E-state index is 12.6. The first-order valence-corrected chi connectivity index (χ1v) is 9.23. The van der Waals surface area contributed by atoms with Crippen LogP contribution in [0.5, 0.6) is 0 Å². The van der Waals surface area contributed by atoms with E-state index in [2.05, 4.69) is 31.5 Å². The minimum Gasteiger partial charge on any atom is -0.354 e. The van der Waals surface area contributed by atoms with Crippen LogP contribution < -0.4 is 15.5 Å². The molecule has 0 spiro atoms. The second kappa shape index (κ2) is 8.09. The number of amides is 2. The second-order valence-electron chi connectivity index (χ2n) is 6.17. The van der Waals surface area contributed by atoms with Crippen molar-refractivity contribution in [2.75, 3.05) is 50.7 Å². The van der Waals surface area contributed by atoms with Crippen LogP contribution in [0.3, 0.4) is 0 Å². The third-order valence-corrected chi connectivity index (χ3v) is 5.27. The van der Waals surface area contributed by atoms with E-state index in [4.69, 9.17) is 0 Å². The number of nitrogens with one attached hydrogen (secondary N) is 2. The van der Waals surface area contributed by atoms with E-state index in [1.807, 2.05) is 24.3 Å². The van der Waals surface area contributed by atoms with Crippen molar-refractivity contribution >= 4 is 33.4 Å². The third-order valence-electron chi connectivity index (χ3n) is 4.60. The van der Waals surface area contributed by atoms with Crippen molar-refractivity contribution in [2.45, 2.75) is 6.42 Å². The van der Waals surface area contributed by atoms with Crippen molar-refractivity contribution in [1.82, 2.24) is 15.5 Å². The Hall–Kier alpha value is -1.44. The summed E-state index contributed by atoms with van der Waals surface area (Å²) in [6, 6.07) is 7.61. The summed E-state index contributed by atoms with van der Waals surface area (Å²) in [6.07, 6.45) is 0.569. The number of carbonyl (C=O) groups excluding carboxylic acids is 2. The SMILES string of the molecule is O=C(NCCN1CCNCC1)C1CCN(c2ccccc2Br)C1=O. The molecule has 1 unspecified atom stereocenters. The quantitative estimate of drug-likeness (QED) is 0.725. The third kappa shape index (κ3) is 3.96. The summed E-state index contributed by atoms with van der Waals surface area (Å²) in [6.45, 7) is 6.02. The highest BCUT2D eigenvalue weighted by atomic mass is 79.9. The van der Waals surface area contributed by atoms with Gasteiger partial charge in [-0.25, -0.2) is 0 Å². The number of hydrogen-bond acceptors (Lipinski definition) is 4. The summed E-state index contributed by atoms with van der Waals surface area (Å²) in [5.74, 6) is -0.827. The number of hydrogen-bond donors (Lipinski definition) is 2. The topological polar surface area (TPSA) is 64.7 Å². The van der Waals surface area contributed by atoms with Crippen molar-refractivity contribution in [2.24, 2.45) is 5.92 Å². The molecular formula is C17H23BrN4O2. The van der Waals surface area contributed by atoms with Gasteiger partial charge in [0.1, 0.15) is 5.92 Å². The van der Waals surface area contributed by atoms with Crippen molar-refractivity contribution in [3.63, 3.8) is 0 Å². The molecule has 0 aliphatic carbocycles. The van der Waals surface area contributed by atoms with Gasteiger partial charge < -0.3 is 15.5 Å². The first-order valence-electron chi connectivity index (χ1n) is 8.43. The Kier molecular flexibility index (Phi) is 5.86. The minimum absolute atomic E-state index is 0.110. The summed E-state index contributed by atoms with van der Waals surface area (Å²) in [5.41, 5.74) is 0.832. The Labute approximate surface area is 150 Å². The van der Waals surface area contributed by atoms with Crippen LogP contribution in [-0.2, 0) is 9.59 Å². The molecule has 2 aliphatic rings. The van der Waals surface area contributed by atoms with E-state index in [-0.39, 0.29) is 11.8 Å². The average Bonchev–Trinajstić information content (AvgIpc) is 2.98. The highest BCUT2D eigenvalue weighted by Gasteiger charge is 2.37. The molecule has 2 saturated heterocycles. The Morgan fingerprint density at radius 2 is 2.00 bits per heavy atom. The zero-order chi connectivity index (χ0) is 16.9. The van der Waals surface area contributed by atoms with Crippen molar-refractivity contribution in [3.8, 4) is 0 Å². The van der Waals surface area contributed by atoms with Crippen LogP contribution in [-0.4, -0.2) is 62.5 Å². The summed E-state index contributed by atoms with van der Waals surface area (Å²) in [4.78, 5) is 29.0. The molecule has 1 aromatic carbocycles. The molecular weight excluding hydrogens is 372 g/mol. The fraction of sp³-hybridized carbons (Fsp3) is 0.529. The van der Waals surface area contributed by atoms with Crippen LogP contribution >= 0.6 is 15.9 Å². The fourth-order valence-electron chi connectivity index (χ4n) is 3.23. The lowest BCUT2D eigenvalue weighted by molar-refractivity contribution is -0.132. The molecule has 0 aromatic heterocycles. The molecule has 7 heteroatoms. The Balaban J connectivity index is 1.51. The standard InChI is InChI=1S/C17H23BrN4O2/c18-14-3-1-2-4-15(14)22-9-5-13(17(22)24)16(23)20-8-12-21-10-6-19-7-11-21/h1-4,13,19H,5-12H2,(H,20,23). The minimum atomic E-state index is -0.569. The largest absolute Gasteiger partial charge is 0.354 e. The van der Waals surface area contributed by atoms with E-state index in [0.717, 1.165) is 42.9 Å². The predicted octanol–water partition coefficient (Wildman–Crippen LogP) is 0.823. The molecule has 0 radical (unpaired) electrons. The molecule has 2 fully saturated rings. The second-order valence-corrected chi connectivity index (χ2v) is 7.02.